The second-order valence-electron chi connectivity index (χ2n) is 6.73. The summed E-state index contributed by atoms with van der Waals surface area (Å²) < 4.78 is 5.94. The maximum absolute atomic E-state index is 5.94. The molecule has 4 heteroatoms. The lowest BCUT2D eigenvalue weighted by atomic mass is 10.1. The number of likely N-dealkylation sites (N-methyl/N-ethyl adjacent to an activating group) is 1. The highest BCUT2D eigenvalue weighted by atomic mass is 16.3. The lowest BCUT2D eigenvalue weighted by Gasteiger charge is -2.22. The third-order valence-electron chi connectivity index (χ3n) is 4.55. The number of furan rings is 1. The van der Waals surface area contributed by atoms with Gasteiger partial charge in [0.2, 0.25) is 0 Å². The molecule has 1 aromatic rings. The largest absolute Gasteiger partial charge is 0.463 e. The van der Waals surface area contributed by atoms with Gasteiger partial charge in [-0.15, -0.1) is 0 Å². The highest BCUT2D eigenvalue weighted by Crippen LogP contribution is 2.23. The van der Waals surface area contributed by atoms with Crippen LogP contribution in [-0.2, 0) is 13.1 Å². The summed E-state index contributed by atoms with van der Waals surface area (Å²) in [6, 6.07) is 5.66. The summed E-state index contributed by atoms with van der Waals surface area (Å²) >= 11 is 0. The average Bonchev–Trinajstić information content (AvgIpc) is 3.01. The van der Waals surface area contributed by atoms with E-state index in [2.05, 4.69) is 48.3 Å². The molecule has 1 aromatic heterocycles. The van der Waals surface area contributed by atoms with E-state index < -0.39 is 0 Å². The molecule has 1 aliphatic heterocycles. The van der Waals surface area contributed by atoms with E-state index >= 15 is 0 Å². The SMILES string of the molecule is CC1CN(Cc2ccc(CNC3CC3)o2)CC1N(C)C. The van der Waals surface area contributed by atoms with Crippen LogP contribution in [0.15, 0.2) is 16.5 Å². The molecule has 1 saturated carbocycles. The van der Waals surface area contributed by atoms with Crippen LogP contribution in [0.4, 0.5) is 0 Å². The van der Waals surface area contributed by atoms with E-state index in [1.807, 2.05) is 0 Å². The zero-order valence-corrected chi connectivity index (χ0v) is 12.9. The molecule has 0 bridgehead atoms. The predicted octanol–water partition coefficient (Wildman–Crippen LogP) is 1.91. The molecular formula is C16H27N3O. The first kappa shape index (κ1) is 14.1. The van der Waals surface area contributed by atoms with Crippen molar-refractivity contribution in [1.82, 2.24) is 15.1 Å². The van der Waals surface area contributed by atoms with Gasteiger partial charge in [-0.1, -0.05) is 6.92 Å². The van der Waals surface area contributed by atoms with Crippen molar-refractivity contribution in [2.24, 2.45) is 5.92 Å². The van der Waals surface area contributed by atoms with Gasteiger partial charge in [0.1, 0.15) is 11.5 Å². The number of nitrogens with one attached hydrogen (secondary N) is 1. The van der Waals surface area contributed by atoms with Crippen molar-refractivity contribution in [1.29, 1.82) is 0 Å². The van der Waals surface area contributed by atoms with Gasteiger partial charge < -0.3 is 14.6 Å². The summed E-state index contributed by atoms with van der Waals surface area (Å²) in [4.78, 5) is 4.85. The Balaban J connectivity index is 1.50. The summed E-state index contributed by atoms with van der Waals surface area (Å²) in [7, 11) is 4.36. The zero-order valence-electron chi connectivity index (χ0n) is 12.9. The van der Waals surface area contributed by atoms with Crippen LogP contribution in [0.5, 0.6) is 0 Å². The summed E-state index contributed by atoms with van der Waals surface area (Å²) in [5, 5.41) is 3.49. The van der Waals surface area contributed by atoms with Gasteiger partial charge in [-0.3, -0.25) is 4.90 Å². The van der Waals surface area contributed by atoms with Gasteiger partial charge >= 0.3 is 0 Å². The molecular weight excluding hydrogens is 250 g/mol. The molecule has 0 spiro atoms. The second kappa shape index (κ2) is 5.88. The number of likely N-dealkylation sites (tertiary alicyclic amines) is 1. The monoisotopic (exact) mass is 277 g/mol. The fraction of sp³-hybridized carbons (Fsp3) is 0.750. The van der Waals surface area contributed by atoms with Crippen LogP contribution in [0.25, 0.3) is 0 Å². The summed E-state index contributed by atoms with van der Waals surface area (Å²) in [5.41, 5.74) is 0. The van der Waals surface area contributed by atoms with Crippen molar-refractivity contribution in [3.8, 4) is 0 Å². The summed E-state index contributed by atoms with van der Waals surface area (Å²) in [6.45, 7) is 6.47. The lowest BCUT2D eigenvalue weighted by molar-refractivity contribution is 0.242. The van der Waals surface area contributed by atoms with Crippen molar-refractivity contribution in [3.05, 3.63) is 23.7 Å². The van der Waals surface area contributed by atoms with E-state index in [1.54, 1.807) is 0 Å². The Kier molecular flexibility index (Phi) is 4.15. The van der Waals surface area contributed by atoms with Gasteiger partial charge in [-0.25, -0.2) is 0 Å². The minimum atomic E-state index is 0.668. The van der Waals surface area contributed by atoms with E-state index in [-0.39, 0.29) is 0 Å². The summed E-state index contributed by atoms with van der Waals surface area (Å²) in [6.07, 6.45) is 2.65. The van der Waals surface area contributed by atoms with Gasteiger partial charge in [0, 0.05) is 25.2 Å². The molecule has 2 heterocycles. The van der Waals surface area contributed by atoms with Crippen molar-refractivity contribution in [2.75, 3.05) is 27.2 Å². The first-order valence-electron chi connectivity index (χ1n) is 7.81. The van der Waals surface area contributed by atoms with Gasteiger partial charge in [-0.05, 0) is 45.0 Å². The van der Waals surface area contributed by atoms with Crippen LogP contribution >= 0.6 is 0 Å². The molecule has 1 aliphatic carbocycles. The van der Waals surface area contributed by atoms with Crippen LogP contribution in [0.1, 0.15) is 31.3 Å². The molecule has 2 unspecified atom stereocenters. The minimum Gasteiger partial charge on any atom is -0.463 e. The second-order valence-corrected chi connectivity index (χ2v) is 6.73. The zero-order chi connectivity index (χ0) is 14.1. The van der Waals surface area contributed by atoms with Crippen molar-refractivity contribution in [3.63, 3.8) is 0 Å². The van der Waals surface area contributed by atoms with Gasteiger partial charge in [0.25, 0.3) is 0 Å². The van der Waals surface area contributed by atoms with Crippen LogP contribution < -0.4 is 5.32 Å². The Bertz CT molecular complexity index is 439. The standard InChI is InChI=1S/C16H27N3O/c1-12-9-19(11-16(12)18(2)3)10-15-7-6-14(20-15)8-17-13-4-5-13/h6-7,12-13,16-17H,4-5,8-11H2,1-3H3. The Labute approximate surface area is 122 Å². The van der Waals surface area contributed by atoms with Gasteiger partial charge in [-0.2, -0.15) is 0 Å². The molecule has 1 saturated heterocycles. The lowest BCUT2D eigenvalue weighted by Crippen LogP contribution is -2.34. The molecule has 0 radical (unpaired) electrons. The number of nitrogens with zero attached hydrogens (tertiary/aromatic N) is 2. The van der Waals surface area contributed by atoms with Crippen molar-refractivity contribution >= 4 is 0 Å². The maximum Gasteiger partial charge on any atom is 0.118 e. The topological polar surface area (TPSA) is 31.6 Å². The maximum atomic E-state index is 5.94. The van der Waals surface area contributed by atoms with E-state index in [0.717, 1.165) is 43.1 Å². The Morgan fingerprint density at radius 2 is 2.00 bits per heavy atom. The van der Waals surface area contributed by atoms with Crippen LogP contribution in [0.3, 0.4) is 0 Å². The van der Waals surface area contributed by atoms with Crippen LogP contribution in [-0.4, -0.2) is 49.1 Å². The van der Waals surface area contributed by atoms with Crippen molar-refractivity contribution in [2.45, 2.75) is 44.9 Å². The Hall–Kier alpha value is -0.840. The van der Waals surface area contributed by atoms with Crippen molar-refractivity contribution < 1.29 is 4.42 Å². The minimum absolute atomic E-state index is 0.668. The molecule has 2 atom stereocenters. The van der Waals surface area contributed by atoms with Gasteiger partial charge in [0.15, 0.2) is 0 Å². The Morgan fingerprint density at radius 3 is 2.65 bits per heavy atom. The highest BCUT2D eigenvalue weighted by molar-refractivity contribution is 5.08. The molecule has 2 fully saturated rings. The summed E-state index contributed by atoms with van der Waals surface area (Å²) in [5.74, 6) is 2.91. The van der Waals surface area contributed by atoms with E-state index in [1.165, 1.54) is 19.4 Å². The predicted molar refractivity (Wildman–Crippen MR) is 80.5 cm³/mol. The molecule has 2 aliphatic rings. The average molecular weight is 277 g/mol. The normalized spacial score (nSPS) is 27.6. The van der Waals surface area contributed by atoms with Gasteiger partial charge in [0.05, 0.1) is 13.1 Å². The quantitative estimate of drug-likeness (QED) is 0.861. The molecule has 0 aromatic carbocycles. The van der Waals surface area contributed by atoms with Crippen LogP contribution in [0.2, 0.25) is 0 Å². The molecule has 20 heavy (non-hydrogen) atoms. The molecule has 3 rings (SSSR count). The first-order chi connectivity index (χ1) is 9.61. The van der Waals surface area contributed by atoms with E-state index in [9.17, 15) is 0 Å². The number of hydrogen-bond donors (Lipinski definition) is 1. The Morgan fingerprint density at radius 1 is 1.25 bits per heavy atom. The van der Waals surface area contributed by atoms with E-state index in [4.69, 9.17) is 4.42 Å². The highest BCUT2D eigenvalue weighted by Gasteiger charge is 2.31. The fourth-order valence-electron chi connectivity index (χ4n) is 3.20. The molecule has 1 N–H and O–H groups in total. The molecule has 4 nitrogen and oxygen atoms in total. The van der Waals surface area contributed by atoms with E-state index in [0.29, 0.717) is 6.04 Å². The third-order valence-corrected chi connectivity index (χ3v) is 4.55. The number of hydrogen-bond acceptors (Lipinski definition) is 4. The third kappa shape index (κ3) is 3.43. The van der Waals surface area contributed by atoms with Crippen LogP contribution in [0, 0.1) is 5.92 Å². The fourth-order valence-corrected chi connectivity index (χ4v) is 3.20. The first-order valence-corrected chi connectivity index (χ1v) is 7.81. The molecule has 0 amide bonds. The molecule has 112 valence electrons. The smallest absolute Gasteiger partial charge is 0.118 e. The number of rotatable bonds is 6.